The van der Waals surface area contributed by atoms with Crippen LogP contribution in [-0.4, -0.2) is 5.78 Å². The summed E-state index contributed by atoms with van der Waals surface area (Å²) in [5.74, 6) is 0.229. The fraction of sp³-hybridized carbons (Fsp3) is 0.0800. The summed E-state index contributed by atoms with van der Waals surface area (Å²) in [6.07, 6.45) is 3.21. The molecule has 3 aromatic rings. The molecule has 0 saturated carbocycles. The van der Waals surface area contributed by atoms with Crippen LogP contribution in [0.2, 0.25) is 0 Å². The molecule has 0 heterocycles. The van der Waals surface area contributed by atoms with E-state index >= 15 is 0 Å². The number of allylic oxidation sites excluding steroid dienone is 2. The van der Waals surface area contributed by atoms with E-state index in [1.807, 2.05) is 55.5 Å². The van der Waals surface area contributed by atoms with Crippen LogP contribution in [-0.2, 0) is 6.61 Å². The van der Waals surface area contributed by atoms with Crippen molar-refractivity contribution in [3.8, 4) is 5.75 Å². The van der Waals surface area contributed by atoms with Crippen LogP contribution in [0.5, 0.6) is 5.75 Å². The van der Waals surface area contributed by atoms with Crippen LogP contribution in [0.15, 0.2) is 85.5 Å². The molecule has 0 bridgehead atoms. The van der Waals surface area contributed by atoms with Gasteiger partial charge in [0, 0.05) is 5.56 Å². The highest BCUT2D eigenvalue weighted by Crippen LogP contribution is 2.17. The Morgan fingerprint density at radius 1 is 0.929 bits per heavy atom. The molecule has 140 valence electrons. The fourth-order valence-corrected chi connectivity index (χ4v) is 2.61. The predicted molar refractivity (Wildman–Crippen MR) is 112 cm³/mol. The van der Waals surface area contributed by atoms with Gasteiger partial charge >= 0.3 is 0 Å². The largest absolute Gasteiger partial charge is 0.489 e. The average Bonchev–Trinajstić information content (AvgIpc) is 2.72. The van der Waals surface area contributed by atoms with E-state index in [0.29, 0.717) is 12.2 Å². The van der Waals surface area contributed by atoms with E-state index in [4.69, 9.17) is 4.74 Å². The van der Waals surface area contributed by atoms with Gasteiger partial charge in [-0.1, -0.05) is 54.6 Å². The van der Waals surface area contributed by atoms with Crippen molar-refractivity contribution in [3.05, 3.63) is 114 Å². The maximum absolute atomic E-state index is 12.9. The van der Waals surface area contributed by atoms with Gasteiger partial charge in [-0.25, -0.2) is 4.39 Å². The molecule has 0 fully saturated rings. The lowest BCUT2D eigenvalue weighted by Crippen LogP contribution is -1.95. The van der Waals surface area contributed by atoms with E-state index in [2.05, 4.69) is 6.58 Å². The molecule has 0 radical (unpaired) electrons. The van der Waals surface area contributed by atoms with E-state index in [1.54, 1.807) is 6.08 Å². The summed E-state index contributed by atoms with van der Waals surface area (Å²) in [7, 11) is 0. The Hall–Kier alpha value is -3.46. The van der Waals surface area contributed by atoms with E-state index in [1.165, 1.54) is 30.3 Å². The summed E-state index contributed by atoms with van der Waals surface area (Å²) in [4.78, 5) is 12.1. The van der Waals surface area contributed by atoms with Crippen molar-refractivity contribution in [2.45, 2.75) is 13.5 Å². The van der Waals surface area contributed by atoms with Crippen LogP contribution in [0.4, 0.5) is 4.39 Å². The van der Waals surface area contributed by atoms with Crippen molar-refractivity contribution < 1.29 is 13.9 Å². The van der Waals surface area contributed by atoms with Crippen LogP contribution in [0.3, 0.4) is 0 Å². The van der Waals surface area contributed by atoms with E-state index < -0.39 is 0 Å². The number of ether oxygens (including phenoxy) is 1. The van der Waals surface area contributed by atoms with Crippen molar-refractivity contribution in [1.29, 1.82) is 0 Å². The molecule has 0 aliphatic heterocycles. The van der Waals surface area contributed by atoms with Crippen LogP contribution in [0.1, 0.15) is 34.0 Å². The Bertz CT molecular complexity index is 982. The first-order valence-electron chi connectivity index (χ1n) is 8.97. The average molecular weight is 372 g/mol. The van der Waals surface area contributed by atoms with Crippen LogP contribution in [0, 0.1) is 5.82 Å². The third-order valence-electron chi connectivity index (χ3n) is 4.29. The molecule has 0 aliphatic carbocycles. The second kappa shape index (κ2) is 8.96. The maximum atomic E-state index is 12.9. The number of rotatable bonds is 7. The summed E-state index contributed by atoms with van der Waals surface area (Å²) < 4.78 is 18.7. The molecule has 0 aromatic heterocycles. The Kier molecular flexibility index (Phi) is 6.18. The minimum Gasteiger partial charge on any atom is -0.489 e. The highest BCUT2D eigenvalue weighted by atomic mass is 19.1. The summed E-state index contributed by atoms with van der Waals surface area (Å²) in [5, 5.41) is 0. The Labute approximate surface area is 164 Å². The molecule has 0 saturated heterocycles. The molecule has 0 unspecified atom stereocenters. The van der Waals surface area contributed by atoms with Crippen LogP contribution < -0.4 is 4.74 Å². The monoisotopic (exact) mass is 372 g/mol. The fourth-order valence-electron chi connectivity index (χ4n) is 2.61. The molecule has 3 aromatic carbocycles. The minimum absolute atomic E-state index is 0.168. The summed E-state index contributed by atoms with van der Waals surface area (Å²) in [6.45, 7) is 6.39. The van der Waals surface area contributed by atoms with Crippen molar-refractivity contribution in [3.63, 3.8) is 0 Å². The molecule has 3 rings (SSSR count). The number of carbonyl (C=O) groups is 1. The lowest BCUT2D eigenvalue weighted by Gasteiger charge is -2.07. The number of halogens is 1. The van der Waals surface area contributed by atoms with Crippen molar-refractivity contribution in [2.75, 3.05) is 0 Å². The zero-order valence-electron chi connectivity index (χ0n) is 15.7. The minimum atomic E-state index is -0.358. The van der Waals surface area contributed by atoms with Crippen LogP contribution >= 0.6 is 0 Å². The summed E-state index contributed by atoms with van der Waals surface area (Å²) in [6, 6.07) is 21.1. The molecule has 0 amide bonds. The molecule has 3 heteroatoms. The molecule has 2 nitrogen and oxygen atoms in total. The summed E-state index contributed by atoms with van der Waals surface area (Å²) in [5.41, 5.74) is 4.58. The quantitative estimate of drug-likeness (QED) is 0.358. The molecular formula is C25H21FO2. The van der Waals surface area contributed by atoms with Crippen molar-refractivity contribution >= 4 is 17.4 Å². The molecule has 0 aliphatic rings. The Morgan fingerprint density at radius 3 is 2.14 bits per heavy atom. The highest BCUT2D eigenvalue weighted by molar-refractivity contribution is 6.06. The third-order valence-corrected chi connectivity index (χ3v) is 4.29. The second-order valence-electron chi connectivity index (χ2n) is 6.54. The van der Waals surface area contributed by atoms with Gasteiger partial charge in [0.2, 0.25) is 0 Å². The number of hydrogen-bond acceptors (Lipinski definition) is 2. The normalized spacial score (nSPS) is 10.8. The van der Waals surface area contributed by atoms with Gasteiger partial charge < -0.3 is 4.74 Å². The van der Waals surface area contributed by atoms with E-state index in [-0.39, 0.29) is 11.6 Å². The van der Waals surface area contributed by atoms with Gasteiger partial charge in [-0.3, -0.25) is 4.79 Å². The first kappa shape index (κ1) is 19.3. The van der Waals surface area contributed by atoms with Gasteiger partial charge in [0.15, 0.2) is 5.78 Å². The first-order valence-corrected chi connectivity index (χ1v) is 8.97. The smallest absolute Gasteiger partial charge is 0.185 e. The molecule has 0 atom stereocenters. The van der Waals surface area contributed by atoms with E-state index in [9.17, 15) is 9.18 Å². The first-order chi connectivity index (χ1) is 13.5. The molecule has 0 spiro atoms. The predicted octanol–water partition coefficient (Wildman–Crippen LogP) is 6.33. The number of ketones is 1. The maximum Gasteiger partial charge on any atom is 0.185 e. The SMILES string of the molecule is C=C(C)c1ccc(COc2ccc(C=CC(=O)c3ccc(F)cc3)cc2)cc1. The number of hydrogen-bond donors (Lipinski definition) is 0. The lowest BCUT2D eigenvalue weighted by atomic mass is 10.1. The zero-order chi connectivity index (χ0) is 19.9. The highest BCUT2D eigenvalue weighted by Gasteiger charge is 2.02. The number of carbonyl (C=O) groups excluding carboxylic acids is 1. The van der Waals surface area contributed by atoms with Gasteiger partial charge in [-0.15, -0.1) is 0 Å². The number of benzene rings is 3. The standard InChI is InChI=1S/C25H21FO2/c1-18(2)21-8-3-20(4-9-21)17-28-24-14-5-19(6-15-24)7-16-25(27)22-10-12-23(26)13-11-22/h3-16H,1,17H2,2H3. The summed E-state index contributed by atoms with van der Waals surface area (Å²) >= 11 is 0. The van der Waals surface area contributed by atoms with Crippen molar-refractivity contribution in [1.82, 2.24) is 0 Å². The van der Waals surface area contributed by atoms with Gasteiger partial charge in [0.25, 0.3) is 0 Å². The Balaban J connectivity index is 1.56. The lowest BCUT2D eigenvalue weighted by molar-refractivity contribution is 0.104. The zero-order valence-corrected chi connectivity index (χ0v) is 15.7. The van der Waals surface area contributed by atoms with Crippen molar-refractivity contribution in [2.24, 2.45) is 0 Å². The van der Waals surface area contributed by atoms with Gasteiger partial charge in [-0.2, -0.15) is 0 Å². The van der Waals surface area contributed by atoms with Crippen LogP contribution in [0.25, 0.3) is 11.6 Å². The van der Waals surface area contributed by atoms with Gasteiger partial charge in [0.05, 0.1) is 0 Å². The van der Waals surface area contributed by atoms with E-state index in [0.717, 1.165) is 28.0 Å². The molecule has 0 N–H and O–H groups in total. The molecular weight excluding hydrogens is 351 g/mol. The topological polar surface area (TPSA) is 26.3 Å². The van der Waals surface area contributed by atoms with Gasteiger partial charge in [0.1, 0.15) is 18.2 Å². The van der Waals surface area contributed by atoms with Gasteiger partial charge in [-0.05, 0) is 66.1 Å². The molecule has 28 heavy (non-hydrogen) atoms. The Morgan fingerprint density at radius 2 is 1.54 bits per heavy atom. The third kappa shape index (κ3) is 5.27. The second-order valence-corrected chi connectivity index (χ2v) is 6.54.